The molecule has 0 fully saturated rings. The standard InChI is InChI=1S/C7H8N2.H2/c1-2-4-6-8-9-7-5-3-1;/h1-8H;1H. The van der Waals surface area contributed by atoms with Crippen molar-refractivity contribution in [1.29, 1.82) is 0 Å². The highest BCUT2D eigenvalue weighted by Crippen LogP contribution is 1.73. The molecule has 0 bridgehead atoms. The van der Waals surface area contributed by atoms with Crippen molar-refractivity contribution in [3.8, 4) is 0 Å². The van der Waals surface area contributed by atoms with Gasteiger partial charge < -0.3 is 0 Å². The normalized spacial score (nSPS) is 8.00. The van der Waals surface area contributed by atoms with Gasteiger partial charge in [0, 0.05) is 13.8 Å². The van der Waals surface area contributed by atoms with E-state index in [1.807, 2.05) is 30.3 Å². The Labute approximate surface area is 55.4 Å². The Bertz CT molecular complexity index is 133. The highest BCUT2D eigenvalue weighted by Gasteiger charge is 1.57. The predicted octanol–water partition coefficient (Wildman–Crippen LogP) is 1.78. The Morgan fingerprint density at radius 3 is 2.78 bits per heavy atom. The van der Waals surface area contributed by atoms with Gasteiger partial charge in [-0.05, 0) is 12.1 Å². The Kier molecular flexibility index (Phi) is 2.37. The molecule has 1 rings (SSSR count). The summed E-state index contributed by atoms with van der Waals surface area (Å²) in [4.78, 5) is 0. The number of nitrogens with zero attached hydrogens (tertiary/aromatic N) is 1. The molecular formula is C7H10N2. The van der Waals surface area contributed by atoms with E-state index in [1.165, 1.54) is 0 Å². The molecule has 0 aliphatic heterocycles. The second-order valence-corrected chi connectivity index (χ2v) is 1.54. The molecule has 9 heavy (non-hydrogen) atoms. The number of aromatic amines is 1. The van der Waals surface area contributed by atoms with Crippen molar-refractivity contribution < 1.29 is 1.43 Å². The van der Waals surface area contributed by atoms with E-state index in [2.05, 4.69) is 10.2 Å². The maximum Gasteiger partial charge on any atom is 0.0472 e. The van der Waals surface area contributed by atoms with Gasteiger partial charge in [-0.3, -0.25) is 5.10 Å². The van der Waals surface area contributed by atoms with Crippen LogP contribution >= 0.6 is 0 Å². The van der Waals surface area contributed by atoms with Gasteiger partial charge in [0.15, 0.2) is 0 Å². The van der Waals surface area contributed by atoms with Gasteiger partial charge in [0.05, 0.1) is 0 Å². The Morgan fingerprint density at radius 2 is 1.78 bits per heavy atom. The number of hydrogen-bond donors (Lipinski definition) is 1. The third kappa shape index (κ3) is 2.49. The molecule has 0 saturated heterocycles. The molecule has 0 aliphatic carbocycles. The first-order chi connectivity index (χ1) is 4.50. The third-order valence-electron chi connectivity index (χ3n) is 0.850. The minimum atomic E-state index is 0. The molecule has 0 saturated carbocycles. The van der Waals surface area contributed by atoms with Crippen LogP contribution in [0.15, 0.2) is 42.7 Å². The van der Waals surface area contributed by atoms with Crippen molar-refractivity contribution in [2.75, 3.05) is 0 Å². The quantitative estimate of drug-likeness (QED) is 0.558. The number of nitrogens with one attached hydrogen (secondary N) is 1. The molecule has 0 unspecified atom stereocenters. The molecule has 2 heteroatoms. The number of rotatable bonds is 0. The van der Waals surface area contributed by atoms with Crippen molar-refractivity contribution in [2.45, 2.75) is 0 Å². The summed E-state index contributed by atoms with van der Waals surface area (Å²) in [7, 11) is 0. The lowest BCUT2D eigenvalue weighted by Gasteiger charge is -1.65. The van der Waals surface area contributed by atoms with Gasteiger partial charge in [0.2, 0.25) is 0 Å². The first-order valence-electron chi connectivity index (χ1n) is 2.77. The largest absolute Gasteiger partial charge is 0.286 e. The summed E-state index contributed by atoms with van der Waals surface area (Å²) in [6, 6.07) is 9.53. The average Bonchev–Trinajstić information content (AvgIpc) is 2.00. The fourth-order valence-corrected chi connectivity index (χ4v) is 0.470. The van der Waals surface area contributed by atoms with Crippen molar-refractivity contribution in [1.82, 2.24) is 10.2 Å². The van der Waals surface area contributed by atoms with E-state index in [9.17, 15) is 0 Å². The molecular weight excluding hydrogens is 112 g/mol. The van der Waals surface area contributed by atoms with Crippen LogP contribution in [0.2, 0.25) is 0 Å². The van der Waals surface area contributed by atoms with Crippen LogP contribution in [0.5, 0.6) is 0 Å². The first kappa shape index (κ1) is 5.82. The molecule has 1 aromatic rings. The summed E-state index contributed by atoms with van der Waals surface area (Å²) < 4.78 is 0. The zero-order chi connectivity index (χ0) is 6.36. The fourth-order valence-electron chi connectivity index (χ4n) is 0.470. The number of hydrogen-bond acceptors (Lipinski definition) is 1. The van der Waals surface area contributed by atoms with E-state index >= 15 is 0 Å². The van der Waals surface area contributed by atoms with Crippen molar-refractivity contribution in [3.05, 3.63) is 42.7 Å². The number of aromatic nitrogens is 2. The van der Waals surface area contributed by atoms with Crippen molar-refractivity contribution >= 4 is 0 Å². The van der Waals surface area contributed by atoms with Crippen LogP contribution in [0, 0.1) is 0 Å². The first-order valence-corrected chi connectivity index (χ1v) is 2.77. The van der Waals surface area contributed by atoms with Crippen LogP contribution < -0.4 is 0 Å². The SMILES string of the molecule is [HH].c1cccn[nH]ccc1. The van der Waals surface area contributed by atoms with Gasteiger partial charge in [-0.1, -0.05) is 18.2 Å². The Balaban J connectivity index is 0.000000810. The third-order valence-corrected chi connectivity index (χ3v) is 0.850. The molecule has 1 N–H and O–H groups in total. The van der Waals surface area contributed by atoms with E-state index in [0.717, 1.165) is 0 Å². The zero-order valence-corrected chi connectivity index (χ0v) is 4.99. The minimum Gasteiger partial charge on any atom is -0.286 e. The smallest absolute Gasteiger partial charge is 0.0472 e. The van der Waals surface area contributed by atoms with Crippen LogP contribution in [0.3, 0.4) is 0 Å². The molecule has 0 aromatic carbocycles. The minimum absolute atomic E-state index is 0. The second kappa shape index (κ2) is 3.66. The van der Waals surface area contributed by atoms with Crippen LogP contribution in [0.25, 0.3) is 0 Å². The molecule has 0 spiro atoms. The molecule has 0 aliphatic rings. The number of H-pyrrole nitrogens is 1. The molecule has 2 nitrogen and oxygen atoms in total. The van der Waals surface area contributed by atoms with E-state index in [4.69, 9.17) is 0 Å². The average molecular weight is 122 g/mol. The molecule has 0 radical (unpaired) electrons. The zero-order valence-electron chi connectivity index (χ0n) is 4.99. The summed E-state index contributed by atoms with van der Waals surface area (Å²) in [5, 5.41) is 6.52. The summed E-state index contributed by atoms with van der Waals surface area (Å²) in [5.74, 6) is 0. The molecule has 48 valence electrons. The van der Waals surface area contributed by atoms with E-state index in [-0.39, 0.29) is 1.43 Å². The Morgan fingerprint density at radius 1 is 1.00 bits per heavy atom. The van der Waals surface area contributed by atoms with Gasteiger partial charge in [0.1, 0.15) is 0 Å². The van der Waals surface area contributed by atoms with Crippen LogP contribution in [-0.2, 0) is 0 Å². The van der Waals surface area contributed by atoms with E-state index in [1.54, 1.807) is 12.4 Å². The maximum absolute atomic E-state index is 3.80. The summed E-state index contributed by atoms with van der Waals surface area (Å²) >= 11 is 0. The fraction of sp³-hybridized carbons (Fsp3) is 0. The van der Waals surface area contributed by atoms with Crippen molar-refractivity contribution in [3.63, 3.8) is 0 Å². The molecule has 1 aromatic heterocycles. The maximum atomic E-state index is 3.80. The topological polar surface area (TPSA) is 28.7 Å². The summed E-state index contributed by atoms with van der Waals surface area (Å²) in [6.45, 7) is 0. The monoisotopic (exact) mass is 122 g/mol. The van der Waals surface area contributed by atoms with E-state index < -0.39 is 0 Å². The van der Waals surface area contributed by atoms with E-state index in [0.29, 0.717) is 0 Å². The van der Waals surface area contributed by atoms with Gasteiger partial charge >= 0.3 is 0 Å². The van der Waals surface area contributed by atoms with Gasteiger partial charge in [-0.15, -0.1) is 0 Å². The van der Waals surface area contributed by atoms with Gasteiger partial charge in [0.25, 0.3) is 0 Å². The molecule has 0 amide bonds. The summed E-state index contributed by atoms with van der Waals surface area (Å²) in [6.07, 6.45) is 3.46. The van der Waals surface area contributed by atoms with Crippen molar-refractivity contribution in [2.24, 2.45) is 0 Å². The summed E-state index contributed by atoms with van der Waals surface area (Å²) in [5.41, 5.74) is 0. The molecule has 1 heterocycles. The van der Waals surface area contributed by atoms with Crippen LogP contribution in [-0.4, -0.2) is 10.2 Å². The van der Waals surface area contributed by atoms with Gasteiger partial charge in [-0.25, -0.2) is 0 Å². The lowest BCUT2D eigenvalue weighted by atomic mass is 10.5. The van der Waals surface area contributed by atoms with Crippen LogP contribution in [0.1, 0.15) is 1.43 Å². The second-order valence-electron chi connectivity index (χ2n) is 1.54. The highest BCUT2D eigenvalue weighted by molar-refractivity contribution is 4.90. The van der Waals surface area contributed by atoms with Gasteiger partial charge in [-0.2, -0.15) is 5.10 Å². The Hall–Kier alpha value is -1.31. The lowest BCUT2D eigenvalue weighted by molar-refractivity contribution is 1.05. The van der Waals surface area contributed by atoms with Crippen LogP contribution in [0.4, 0.5) is 0 Å². The molecule has 0 atom stereocenters. The predicted molar refractivity (Wildman–Crippen MR) is 38.3 cm³/mol. The highest BCUT2D eigenvalue weighted by atomic mass is 15.1. The lowest BCUT2D eigenvalue weighted by Crippen LogP contribution is -1.64.